The van der Waals surface area contributed by atoms with Gasteiger partial charge < -0.3 is 4.84 Å². The van der Waals surface area contributed by atoms with Gasteiger partial charge in [0.1, 0.15) is 10.9 Å². The molecule has 0 aliphatic heterocycles. The summed E-state index contributed by atoms with van der Waals surface area (Å²) in [5.41, 5.74) is -1.74. The maximum atomic E-state index is 12.6. The first kappa shape index (κ1) is 11.7. The number of hydrogen-bond donors (Lipinski definition) is 0. The van der Waals surface area contributed by atoms with E-state index in [4.69, 9.17) is 0 Å². The van der Waals surface area contributed by atoms with Gasteiger partial charge >= 0.3 is 11.3 Å². The van der Waals surface area contributed by atoms with Crippen molar-refractivity contribution in [3.63, 3.8) is 0 Å². The van der Waals surface area contributed by atoms with E-state index in [1.165, 1.54) is 24.3 Å². The predicted molar refractivity (Wildman–Crippen MR) is 56.2 cm³/mol. The largest absolute Gasteiger partial charge is 0.449 e. The van der Waals surface area contributed by atoms with E-state index in [0.717, 1.165) is 0 Å². The molecule has 0 fully saturated rings. The Bertz CT molecular complexity index is 670. The van der Waals surface area contributed by atoms with Crippen molar-refractivity contribution in [2.24, 2.45) is 0 Å². The molecule has 2 aromatic rings. The molecule has 0 atom stereocenters. The first-order valence-electron chi connectivity index (χ1n) is 4.77. The zero-order valence-corrected chi connectivity index (χ0v) is 8.88. The van der Waals surface area contributed by atoms with Crippen LogP contribution in [-0.2, 0) is 0 Å². The van der Waals surface area contributed by atoms with Crippen LogP contribution in [0.25, 0.3) is 0 Å². The van der Waals surface area contributed by atoms with Crippen LogP contribution in [0.4, 0.5) is 4.39 Å². The summed E-state index contributed by atoms with van der Waals surface area (Å²) in [4.78, 5) is 25.8. The maximum absolute atomic E-state index is 12.6. The third-order valence-corrected chi connectivity index (χ3v) is 1.80. The highest BCUT2D eigenvalue weighted by Gasteiger charge is 2.03. The Labute approximate surface area is 99.1 Å². The maximum Gasteiger partial charge on any atom is 0.449 e. The van der Waals surface area contributed by atoms with E-state index >= 15 is 0 Å². The molecule has 0 saturated heterocycles. The molecule has 1 heterocycles. The number of rotatable bonds is 2. The van der Waals surface area contributed by atoms with Crippen LogP contribution in [0.3, 0.4) is 0 Å². The van der Waals surface area contributed by atoms with E-state index in [1.807, 2.05) is 0 Å². The van der Waals surface area contributed by atoms with Crippen molar-refractivity contribution < 1.29 is 18.3 Å². The summed E-state index contributed by atoms with van der Waals surface area (Å²) in [6.45, 7) is -0.169. The molecule has 0 radical (unpaired) electrons. The minimum absolute atomic E-state index is 0.169. The molecule has 0 aliphatic carbocycles. The fourth-order valence-electron chi connectivity index (χ4n) is 1.04. The summed E-state index contributed by atoms with van der Waals surface area (Å²) in [6.07, 6.45) is 0. The van der Waals surface area contributed by atoms with E-state index in [9.17, 15) is 14.0 Å². The Morgan fingerprint density at radius 1 is 1.17 bits per heavy atom. The van der Waals surface area contributed by atoms with Gasteiger partial charge in [0, 0.05) is 5.56 Å². The molecule has 7 heteroatoms. The predicted octanol–water partition coefficient (Wildman–Crippen LogP) is 0.0139. The molecule has 0 aliphatic rings. The van der Waals surface area contributed by atoms with Gasteiger partial charge in [-0.2, -0.15) is 0 Å². The minimum Gasteiger partial charge on any atom is -0.344 e. The molecule has 0 N–H and O–H groups in total. The second-order valence-corrected chi connectivity index (χ2v) is 3.06. The second kappa shape index (κ2) is 5.05. The first-order chi connectivity index (χ1) is 8.65. The molecule has 18 heavy (non-hydrogen) atoms. The summed E-state index contributed by atoms with van der Waals surface area (Å²) < 4.78 is 21.0. The molecular formula is C11H6FNO5. The summed E-state index contributed by atoms with van der Waals surface area (Å²) in [5, 5.41) is 0.282. The number of nitrogens with zero attached hydrogens (tertiary/aromatic N) is 1. The Balaban J connectivity index is 1.95. The molecular weight excluding hydrogens is 245 g/mol. The fraction of sp³-hybridized carbons (Fsp3) is 0.0909. The number of aromatic nitrogens is 1. The zero-order chi connectivity index (χ0) is 13.0. The topological polar surface area (TPSA) is 74.6 Å². The SMILES string of the molecule is O=c1on(OCC#Cc2ccc(F)cc2)oc1=O. The highest BCUT2D eigenvalue weighted by molar-refractivity contribution is 5.33. The molecule has 0 unspecified atom stereocenters. The van der Waals surface area contributed by atoms with Gasteiger partial charge in [-0.05, 0) is 24.3 Å². The Morgan fingerprint density at radius 3 is 2.39 bits per heavy atom. The van der Waals surface area contributed by atoms with Crippen LogP contribution in [0.5, 0.6) is 0 Å². The van der Waals surface area contributed by atoms with Gasteiger partial charge in [0.05, 0.1) is 0 Å². The molecule has 0 spiro atoms. The monoisotopic (exact) mass is 251 g/mol. The third kappa shape index (κ3) is 2.89. The lowest BCUT2D eigenvalue weighted by atomic mass is 10.2. The quantitative estimate of drug-likeness (QED) is 0.555. The smallest absolute Gasteiger partial charge is 0.344 e. The van der Waals surface area contributed by atoms with E-state index < -0.39 is 11.3 Å². The van der Waals surface area contributed by atoms with Crippen LogP contribution in [0, 0.1) is 17.7 Å². The van der Waals surface area contributed by atoms with Gasteiger partial charge in [0.15, 0.2) is 6.61 Å². The van der Waals surface area contributed by atoms with Crippen LogP contribution >= 0.6 is 0 Å². The fourth-order valence-corrected chi connectivity index (χ4v) is 1.04. The lowest BCUT2D eigenvalue weighted by Crippen LogP contribution is -2.14. The average molecular weight is 251 g/mol. The highest BCUT2D eigenvalue weighted by atomic mass is 19.1. The molecule has 2 rings (SSSR count). The summed E-state index contributed by atoms with van der Waals surface area (Å²) in [6, 6.07) is 5.54. The van der Waals surface area contributed by atoms with E-state index in [0.29, 0.717) is 5.56 Å². The number of hydrogen-bond acceptors (Lipinski definition) is 5. The Hall–Kier alpha value is -2.75. The Morgan fingerprint density at radius 2 is 1.78 bits per heavy atom. The lowest BCUT2D eigenvalue weighted by Gasteiger charge is -1.93. The van der Waals surface area contributed by atoms with Crippen LogP contribution in [0.2, 0.25) is 0 Å². The molecule has 0 amide bonds. The normalized spacial score (nSPS) is 9.61. The van der Waals surface area contributed by atoms with Crippen molar-refractivity contribution in [3.05, 3.63) is 56.5 Å². The minimum atomic E-state index is -1.17. The van der Waals surface area contributed by atoms with Crippen molar-refractivity contribution in [2.75, 3.05) is 6.61 Å². The summed E-state index contributed by atoms with van der Waals surface area (Å²) >= 11 is 0. The molecule has 1 aromatic heterocycles. The van der Waals surface area contributed by atoms with E-state index in [2.05, 4.69) is 25.7 Å². The van der Waals surface area contributed by atoms with Gasteiger partial charge in [0.2, 0.25) is 0 Å². The standard InChI is InChI=1S/C11H6FNO5/c12-9-5-3-8(4-6-9)2-1-7-16-13-17-10(14)11(15)18-13/h3-6H,7H2. The summed E-state index contributed by atoms with van der Waals surface area (Å²) in [5.74, 6) is 4.87. The van der Waals surface area contributed by atoms with Gasteiger partial charge in [-0.3, -0.25) is 9.05 Å². The van der Waals surface area contributed by atoms with E-state index in [-0.39, 0.29) is 17.5 Å². The molecule has 0 bridgehead atoms. The number of benzene rings is 1. The van der Waals surface area contributed by atoms with Crippen molar-refractivity contribution in [1.82, 2.24) is 5.08 Å². The van der Waals surface area contributed by atoms with Crippen molar-refractivity contribution in [2.45, 2.75) is 0 Å². The Kier molecular flexibility index (Phi) is 3.29. The lowest BCUT2D eigenvalue weighted by molar-refractivity contribution is -0.135. The van der Waals surface area contributed by atoms with Crippen molar-refractivity contribution >= 4 is 0 Å². The zero-order valence-electron chi connectivity index (χ0n) is 8.88. The van der Waals surface area contributed by atoms with Crippen LogP contribution in [-0.4, -0.2) is 11.7 Å². The second-order valence-electron chi connectivity index (χ2n) is 3.06. The first-order valence-corrected chi connectivity index (χ1v) is 4.77. The molecule has 1 aromatic carbocycles. The average Bonchev–Trinajstić information content (AvgIpc) is 2.67. The van der Waals surface area contributed by atoms with Crippen LogP contribution < -0.4 is 16.1 Å². The van der Waals surface area contributed by atoms with Gasteiger partial charge in [-0.1, -0.05) is 11.8 Å². The van der Waals surface area contributed by atoms with Gasteiger partial charge in [0.25, 0.3) is 0 Å². The van der Waals surface area contributed by atoms with Gasteiger partial charge in [-0.25, -0.2) is 14.0 Å². The number of halogens is 1. The molecule has 0 saturated carbocycles. The molecule has 6 nitrogen and oxygen atoms in total. The summed E-state index contributed by atoms with van der Waals surface area (Å²) in [7, 11) is 0. The van der Waals surface area contributed by atoms with Crippen LogP contribution in [0.1, 0.15) is 5.56 Å². The molecule has 92 valence electrons. The highest BCUT2D eigenvalue weighted by Crippen LogP contribution is 2.00. The van der Waals surface area contributed by atoms with Gasteiger partial charge in [-0.15, -0.1) is 0 Å². The van der Waals surface area contributed by atoms with Crippen LogP contribution in [0.15, 0.2) is 42.9 Å². The van der Waals surface area contributed by atoms with Crippen molar-refractivity contribution in [3.8, 4) is 11.8 Å². The third-order valence-electron chi connectivity index (χ3n) is 1.80. The van der Waals surface area contributed by atoms with E-state index in [1.54, 1.807) is 0 Å². The van der Waals surface area contributed by atoms with Crippen molar-refractivity contribution in [1.29, 1.82) is 0 Å².